The first-order chi connectivity index (χ1) is 11.7. The summed E-state index contributed by atoms with van der Waals surface area (Å²) in [5.41, 5.74) is 0.368. The van der Waals surface area contributed by atoms with E-state index in [9.17, 15) is 4.79 Å². The molecule has 0 N–H and O–H groups in total. The van der Waals surface area contributed by atoms with Gasteiger partial charge in [-0.2, -0.15) is 0 Å². The molecule has 0 aliphatic heterocycles. The third-order valence-corrected chi connectivity index (χ3v) is 7.24. The molecule has 25 heavy (non-hydrogen) atoms. The fourth-order valence-electron chi connectivity index (χ4n) is 2.73. The molecule has 0 aliphatic rings. The van der Waals surface area contributed by atoms with Crippen LogP contribution < -0.4 is 20.1 Å². The molecule has 2 aromatic rings. The van der Waals surface area contributed by atoms with Crippen molar-refractivity contribution in [1.29, 1.82) is 0 Å². The van der Waals surface area contributed by atoms with Crippen LogP contribution in [0, 0.1) is 0 Å². The molecule has 0 aromatic heterocycles. The second kappa shape index (κ2) is 9.96. The van der Waals surface area contributed by atoms with E-state index in [0.717, 1.165) is 16.9 Å². The van der Waals surface area contributed by atoms with Gasteiger partial charge in [0.1, 0.15) is 0 Å². The molecule has 0 saturated heterocycles. The fourth-order valence-corrected chi connectivity index (χ4v) is 5.67. The van der Waals surface area contributed by atoms with Crippen LogP contribution in [-0.4, -0.2) is 53.1 Å². The van der Waals surface area contributed by atoms with Gasteiger partial charge in [-0.05, 0) is 0 Å². The predicted molar refractivity (Wildman–Crippen MR) is 105 cm³/mol. The number of hydrogen-bond acceptors (Lipinski definition) is 5. The van der Waals surface area contributed by atoms with Gasteiger partial charge in [0, 0.05) is 0 Å². The van der Waals surface area contributed by atoms with Crippen LogP contribution in [0.4, 0.5) is 0 Å². The van der Waals surface area contributed by atoms with Gasteiger partial charge < -0.3 is 0 Å². The van der Waals surface area contributed by atoms with Crippen molar-refractivity contribution in [3.8, 4) is 11.5 Å². The zero-order valence-corrected chi connectivity index (χ0v) is 15.4. The van der Waals surface area contributed by atoms with Crippen LogP contribution in [0.1, 0.15) is 17.3 Å². The van der Waals surface area contributed by atoms with Crippen molar-refractivity contribution in [2.45, 2.75) is 6.92 Å². The monoisotopic (exact) mass is 358 g/mol. The number of hydrogen-bond donors (Lipinski definition) is 0. The van der Waals surface area contributed by atoms with Crippen LogP contribution in [-0.2, 0) is 9.05 Å². The van der Waals surface area contributed by atoms with Crippen molar-refractivity contribution < 1.29 is 23.3 Å². The van der Waals surface area contributed by atoms with Gasteiger partial charge in [-0.3, -0.25) is 0 Å². The van der Waals surface area contributed by atoms with Crippen molar-refractivity contribution in [3.63, 3.8) is 0 Å². The summed E-state index contributed by atoms with van der Waals surface area (Å²) in [6.07, 6.45) is 0.723. The summed E-state index contributed by atoms with van der Waals surface area (Å²) in [5, 5.41) is 1.79. The first-order valence-electron chi connectivity index (χ1n) is 7.63. The number of carbonyl (C=O) groups excluding carboxylic acids is 1. The molecule has 0 radical (unpaired) electrons. The van der Waals surface area contributed by atoms with Crippen LogP contribution in [0.3, 0.4) is 0 Å². The Labute approximate surface area is 161 Å². The van der Waals surface area contributed by atoms with Gasteiger partial charge >= 0.3 is 161 Å². The molecule has 0 bridgehead atoms. The Morgan fingerprint density at radius 2 is 1.52 bits per heavy atom. The van der Waals surface area contributed by atoms with E-state index in [4.69, 9.17) is 18.5 Å². The molecule has 0 fully saturated rings. The Morgan fingerprint density at radius 3 is 1.92 bits per heavy atom. The minimum atomic E-state index is -2.93. The molecular weight excluding hydrogens is 334 g/mol. The number of ether oxygens (including phenoxy) is 2. The number of benzene rings is 2. The van der Waals surface area contributed by atoms with E-state index >= 15 is 0 Å². The molecule has 0 aliphatic carbocycles. The maximum atomic E-state index is 11.4. The molecule has 0 saturated carbocycles. The van der Waals surface area contributed by atoms with E-state index in [1.165, 1.54) is 14.2 Å². The van der Waals surface area contributed by atoms with Crippen molar-refractivity contribution in [2.24, 2.45) is 0 Å². The van der Waals surface area contributed by atoms with Crippen molar-refractivity contribution in [3.05, 3.63) is 48.0 Å². The average molecular weight is 358 g/mol. The van der Waals surface area contributed by atoms with Crippen LogP contribution in [0.15, 0.2) is 42.5 Å². The second-order valence-electron chi connectivity index (χ2n) is 5.03. The van der Waals surface area contributed by atoms with E-state index in [-0.39, 0.29) is 18.9 Å². The Kier molecular flexibility index (Phi) is 8.65. The molecule has 2 aromatic carbocycles. The summed E-state index contributed by atoms with van der Waals surface area (Å²) >= 11 is 0. The number of methoxy groups -OCH3 is 2. The Balaban J connectivity index is 0.00000312. The van der Waals surface area contributed by atoms with Crippen molar-refractivity contribution in [1.82, 2.24) is 0 Å². The van der Waals surface area contributed by atoms with Gasteiger partial charge in [0.25, 0.3) is 0 Å². The van der Waals surface area contributed by atoms with Crippen LogP contribution in [0.5, 0.6) is 11.5 Å². The Morgan fingerprint density at radius 1 is 0.960 bits per heavy atom. The van der Waals surface area contributed by atoms with E-state index in [1.807, 2.05) is 37.3 Å². The SMILES string of the molecule is CCO[PH](OC)(c1ccccc1)c1cc(OC)c(C=O)c(OC)c1.[LiH]. The molecule has 0 spiro atoms. The molecular formula is C18H24LiO5P. The third-order valence-electron chi connectivity index (χ3n) is 3.83. The van der Waals surface area contributed by atoms with E-state index in [0.29, 0.717) is 23.7 Å². The molecule has 5 nitrogen and oxygen atoms in total. The zero-order chi connectivity index (χ0) is 17.6. The summed E-state index contributed by atoms with van der Waals surface area (Å²) in [7, 11) is 1.75. The third kappa shape index (κ3) is 4.26. The standard InChI is InChI=1S/C18H23O5P.Li.H/c1-5-23-24(22-4,14-9-7-6-8-10-14)15-11-17(20-2)16(13-19)18(12-15)21-3;;/h6-13,24H,5H2,1-4H3;;. The van der Waals surface area contributed by atoms with Gasteiger partial charge in [-0.25, -0.2) is 0 Å². The molecule has 0 heterocycles. The van der Waals surface area contributed by atoms with Crippen LogP contribution >= 0.6 is 7.72 Å². The molecule has 0 unspecified atom stereocenters. The minimum absolute atomic E-state index is 0. The quantitative estimate of drug-likeness (QED) is 0.411. The van der Waals surface area contributed by atoms with Gasteiger partial charge in [0.2, 0.25) is 0 Å². The first kappa shape index (κ1) is 21.7. The molecule has 0 amide bonds. The van der Waals surface area contributed by atoms with Gasteiger partial charge in [-0.1, -0.05) is 0 Å². The second-order valence-corrected chi connectivity index (χ2v) is 8.12. The summed E-state index contributed by atoms with van der Waals surface area (Å²) in [6, 6.07) is 13.4. The summed E-state index contributed by atoms with van der Waals surface area (Å²) in [6.45, 7) is 2.42. The molecule has 2 rings (SSSR count). The number of aldehydes is 1. The molecule has 0 atom stereocenters. The maximum absolute atomic E-state index is 11.4. The number of carbonyl (C=O) groups is 1. The Hall–Kier alpha value is -1.34. The molecule has 132 valence electrons. The zero-order valence-electron chi connectivity index (χ0n) is 14.4. The van der Waals surface area contributed by atoms with Gasteiger partial charge in [-0.15, -0.1) is 0 Å². The summed E-state index contributed by atoms with van der Waals surface area (Å²) < 4.78 is 22.8. The molecule has 7 heteroatoms. The van der Waals surface area contributed by atoms with Crippen LogP contribution in [0.2, 0.25) is 0 Å². The number of rotatable bonds is 8. The van der Waals surface area contributed by atoms with Gasteiger partial charge in [0.05, 0.1) is 0 Å². The van der Waals surface area contributed by atoms with Crippen molar-refractivity contribution in [2.75, 3.05) is 27.9 Å². The van der Waals surface area contributed by atoms with Crippen LogP contribution in [0.25, 0.3) is 0 Å². The van der Waals surface area contributed by atoms with E-state index in [2.05, 4.69) is 0 Å². The van der Waals surface area contributed by atoms with Crippen molar-refractivity contribution >= 4 is 43.5 Å². The van der Waals surface area contributed by atoms with E-state index < -0.39 is 7.72 Å². The van der Waals surface area contributed by atoms with E-state index in [1.54, 1.807) is 19.2 Å². The topological polar surface area (TPSA) is 54.0 Å². The normalized spacial score (nSPS) is 11.4. The first-order valence-corrected chi connectivity index (χ1v) is 9.44. The predicted octanol–water partition coefficient (Wildman–Crippen LogP) is 2.08. The summed E-state index contributed by atoms with van der Waals surface area (Å²) in [5.74, 6) is 0.868. The Bertz CT molecular complexity index is 670. The fraction of sp³-hybridized carbons (Fsp3) is 0.278. The van der Waals surface area contributed by atoms with Gasteiger partial charge in [0.15, 0.2) is 0 Å². The summed E-state index contributed by atoms with van der Waals surface area (Å²) in [4.78, 5) is 11.4. The average Bonchev–Trinajstić information content (AvgIpc) is 2.65.